The fraction of sp³-hybridized carbons (Fsp3) is 0.643. The molecule has 4 nitrogen and oxygen atoms in total. The molecule has 0 fully saturated rings. The summed E-state index contributed by atoms with van der Waals surface area (Å²) in [7, 11) is 1.69. The van der Waals surface area contributed by atoms with Crippen LogP contribution < -0.4 is 10.5 Å². The summed E-state index contributed by atoms with van der Waals surface area (Å²) < 4.78 is 10.6. The van der Waals surface area contributed by atoms with E-state index in [0.717, 1.165) is 17.7 Å². The highest BCUT2D eigenvalue weighted by molar-refractivity contribution is 5.28. The monoisotopic (exact) mass is 252 g/mol. The molecule has 0 spiro atoms. The predicted molar refractivity (Wildman–Crippen MR) is 72.8 cm³/mol. The Morgan fingerprint density at radius 3 is 2.50 bits per heavy atom. The molecule has 0 unspecified atom stereocenters. The summed E-state index contributed by atoms with van der Waals surface area (Å²) in [5.74, 6) is 0.652. The molecular formula is C14H24N2O2. The van der Waals surface area contributed by atoms with Crippen molar-refractivity contribution in [1.82, 2.24) is 4.98 Å². The molecule has 0 aliphatic carbocycles. The number of ether oxygens (including phenoxy) is 2. The average Bonchev–Trinajstić information content (AvgIpc) is 2.33. The fourth-order valence-electron chi connectivity index (χ4n) is 1.52. The van der Waals surface area contributed by atoms with Gasteiger partial charge in [-0.1, -0.05) is 20.8 Å². The van der Waals surface area contributed by atoms with E-state index in [-0.39, 0.29) is 5.41 Å². The van der Waals surface area contributed by atoms with Crippen LogP contribution in [-0.2, 0) is 16.7 Å². The standard InChI is InChI=1S/C14H24N2O2/c1-14(2,3)12-8-11(10-15)9-13(16-12)18-7-5-6-17-4/h8-9H,5-7,10,15H2,1-4H3. The summed E-state index contributed by atoms with van der Waals surface area (Å²) in [5, 5.41) is 0. The molecule has 1 aromatic heterocycles. The SMILES string of the molecule is COCCCOc1cc(CN)cc(C(C)(C)C)n1. The highest BCUT2D eigenvalue weighted by Gasteiger charge is 2.17. The Balaban J connectivity index is 2.78. The molecule has 0 aliphatic rings. The molecule has 1 heterocycles. The third-order valence-electron chi connectivity index (χ3n) is 2.61. The van der Waals surface area contributed by atoms with Gasteiger partial charge in [-0.15, -0.1) is 0 Å². The Hall–Kier alpha value is -1.13. The molecule has 0 aromatic carbocycles. The number of nitrogens with two attached hydrogens (primary N) is 1. The normalized spacial score (nSPS) is 11.6. The van der Waals surface area contributed by atoms with Gasteiger partial charge in [0.2, 0.25) is 5.88 Å². The largest absolute Gasteiger partial charge is 0.478 e. The van der Waals surface area contributed by atoms with Crippen LogP contribution in [0.25, 0.3) is 0 Å². The van der Waals surface area contributed by atoms with Crippen molar-refractivity contribution >= 4 is 0 Å². The van der Waals surface area contributed by atoms with Crippen molar-refractivity contribution < 1.29 is 9.47 Å². The van der Waals surface area contributed by atoms with E-state index < -0.39 is 0 Å². The van der Waals surface area contributed by atoms with Crippen molar-refractivity contribution in [3.63, 3.8) is 0 Å². The van der Waals surface area contributed by atoms with Crippen molar-refractivity contribution in [2.24, 2.45) is 5.73 Å². The van der Waals surface area contributed by atoms with Gasteiger partial charge in [-0.25, -0.2) is 4.98 Å². The third kappa shape index (κ3) is 4.63. The van der Waals surface area contributed by atoms with E-state index in [2.05, 4.69) is 25.8 Å². The lowest BCUT2D eigenvalue weighted by Gasteiger charge is -2.19. The maximum Gasteiger partial charge on any atom is 0.213 e. The van der Waals surface area contributed by atoms with E-state index in [1.165, 1.54) is 0 Å². The Labute approximate surface area is 110 Å². The highest BCUT2D eigenvalue weighted by Crippen LogP contribution is 2.24. The van der Waals surface area contributed by atoms with Gasteiger partial charge in [0.15, 0.2) is 0 Å². The molecule has 0 atom stereocenters. The van der Waals surface area contributed by atoms with Gasteiger partial charge in [0.05, 0.1) is 12.3 Å². The quantitative estimate of drug-likeness (QED) is 0.789. The zero-order valence-electron chi connectivity index (χ0n) is 11.8. The van der Waals surface area contributed by atoms with Gasteiger partial charge >= 0.3 is 0 Å². The Morgan fingerprint density at radius 2 is 1.94 bits per heavy atom. The summed E-state index contributed by atoms with van der Waals surface area (Å²) in [4.78, 5) is 4.53. The minimum Gasteiger partial charge on any atom is -0.478 e. The second kappa shape index (κ2) is 6.71. The van der Waals surface area contributed by atoms with Crippen LogP contribution in [0.4, 0.5) is 0 Å². The zero-order chi connectivity index (χ0) is 13.6. The summed E-state index contributed by atoms with van der Waals surface area (Å²) in [6.45, 7) is 8.19. The van der Waals surface area contributed by atoms with Crippen LogP contribution in [0.5, 0.6) is 5.88 Å². The molecule has 18 heavy (non-hydrogen) atoms. The van der Waals surface area contributed by atoms with E-state index in [1.54, 1.807) is 7.11 Å². The number of methoxy groups -OCH3 is 1. The lowest BCUT2D eigenvalue weighted by Crippen LogP contribution is -2.16. The maximum atomic E-state index is 5.70. The molecule has 0 bridgehead atoms. The van der Waals surface area contributed by atoms with Crippen LogP contribution in [0, 0.1) is 0 Å². The van der Waals surface area contributed by atoms with E-state index in [0.29, 0.717) is 25.6 Å². The molecule has 1 rings (SSSR count). The number of pyridine rings is 1. The Kier molecular flexibility index (Phi) is 5.56. The van der Waals surface area contributed by atoms with Gasteiger partial charge in [-0.3, -0.25) is 0 Å². The summed E-state index contributed by atoms with van der Waals surface area (Å²) in [6, 6.07) is 3.95. The van der Waals surface area contributed by atoms with Gasteiger partial charge in [0, 0.05) is 38.2 Å². The maximum absolute atomic E-state index is 5.70. The highest BCUT2D eigenvalue weighted by atomic mass is 16.5. The third-order valence-corrected chi connectivity index (χ3v) is 2.61. The molecule has 0 aliphatic heterocycles. The molecule has 2 N–H and O–H groups in total. The Bertz CT molecular complexity index is 373. The van der Waals surface area contributed by atoms with E-state index >= 15 is 0 Å². The minimum absolute atomic E-state index is 0.00415. The van der Waals surface area contributed by atoms with Gasteiger partial charge in [0.1, 0.15) is 0 Å². The summed E-state index contributed by atoms with van der Waals surface area (Å²) in [6.07, 6.45) is 0.857. The number of aromatic nitrogens is 1. The van der Waals surface area contributed by atoms with Crippen molar-refractivity contribution in [2.45, 2.75) is 39.2 Å². The molecule has 1 aromatic rings. The first kappa shape index (κ1) is 14.9. The molecule has 0 saturated heterocycles. The van der Waals surface area contributed by atoms with Crippen LogP contribution in [0.3, 0.4) is 0 Å². The number of hydrogen-bond acceptors (Lipinski definition) is 4. The molecule has 102 valence electrons. The summed E-state index contributed by atoms with van der Waals surface area (Å²) in [5.41, 5.74) is 7.76. The van der Waals surface area contributed by atoms with Crippen molar-refractivity contribution in [2.75, 3.05) is 20.3 Å². The number of nitrogens with zero attached hydrogens (tertiary/aromatic N) is 1. The first-order valence-corrected chi connectivity index (χ1v) is 6.30. The van der Waals surface area contributed by atoms with Crippen LogP contribution in [0.15, 0.2) is 12.1 Å². The molecule has 0 amide bonds. The lowest BCUT2D eigenvalue weighted by atomic mass is 9.91. The second-order valence-electron chi connectivity index (χ2n) is 5.35. The first-order valence-electron chi connectivity index (χ1n) is 6.30. The number of rotatable bonds is 6. The molecule has 0 radical (unpaired) electrons. The van der Waals surface area contributed by atoms with Crippen LogP contribution in [0.2, 0.25) is 0 Å². The Morgan fingerprint density at radius 1 is 1.22 bits per heavy atom. The smallest absolute Gasteiger partial charge is 0.213 e. The average molecular weight is 252 g/mol. The lowest BCUT2D eigenvalue weighted by molar-refractivity contribution is 0.170. The minimum atomic E-state index is -0.00415. The van der Waals surface area contributed by atoms with Crippen molar-refractivity contribution in [3.8, 4) is 5.88 Å². The van der Waals surface area contributed by atoms with Gasteiger partial charge < -0.3 is 15.2 Å². The van der Waals surface area contributed by atoms with Gasteiger partial charge in [0.25, 0.3) is 0 Å². The molecule has 0 saturated carbocycles. The first-order chi connectivity index (χ1) is 8.47. The number of hydrogen-bond donors (Lipinski definition) is 1. The molecular weight excluding hydrogens is 228 g/mol. The van der Waals surface area contributed by atoms with E-state index in [4.69, 9.17) is 15.2 Å². The van der Waals surface area contributed by atoms with E-state index in [9.17, 15) is 0 Å². The predicted octanol–water partition coefficient (Wildman–Crippen LogP) is 2.25. The fourth-order valence-corrected chi connectivity index (χ4v) is 1.52. The van der Waals surface area contributed by atoms with Crippen LogP contribution >= 0.6 is 0 Å². The zero-order valence-corrected chi connectivity index (χ0v) is 11.8. The van der Waals surface area contributed by atoms with Gasteiger partial charge in [-0.05, 0) is 11.6 Å². The van der Waals surface area contributed by atoms with Gasteiger partial charge in [-0.2, -0.15) is 0 Å². The molecule has 4 heteroatoms. The topological polar surface area (TPSA) is 57.4 Å². The van der Waals surface area contributed by atoms with Crippen LogP contribution in [0.1, 0.15) is 38.4 Å². The second-order valence-corrected chi connectivity index (χ2v) is 5.35. The van der Waals surface area contributed by atoms with Crippen LogP contribution in [-0.4, -0.2) is 25.3 Å². The van der Waals surface area contributed by atoms with Crippen molar-refractivity contribution in [3.05, 3.63) is 23.4 Å². The van der Waals surface area contributed by atoms with E-state index in [1.807, 2.05) is 12.1 Å². The summed E-state index contributed by atoms with van der Waals surface area (Å²) >= 11 is 0. The van der Waals surface area contributed by atoms with Crippen molar-refractivity contribution in [1.29, 1.82) is 0 Å².